The molecule has 0 aromatic heterocycles. The average molecular weight is 215 g/mol. The quantitative estimate of drug-likeness (QED) is 0.651. The van der Waals surface area contributed by atoms with Crippen LogP contribution in [0, 0.1) is 5.82 Å². The number of hydrogen-bond donors (Lipinski definition) is 0. The lowest BCUT2D eigenvalue weighted by atomic mass is 10.3. The molecule has 0 spiro atoms. The summed E-state index contributed by atoms with van der Waals surface area (Å²) in [6.07, 6.45) is -4.86. The van der Waals surface area contributed by atoms with Crippen LogP contribution < -0.4 is 4.74 Å². The summed E-state index contributed by atoms with van der Waals surface area (Å²) in [6, 6.07) is 2.49. The van der Waals surface area contributed by atoms with Crippen LogP contribution in [0.2, 0.25) is 5.02 Å². The first-order valence-corrected chi connectivity index (χ1v) is 3.47. The Morgan fingerprint density at radius 1 is 1.23 bits per heavy atom. The van der Waals surface area contributed by atoms with Gasteiger partial charge in [0.1, 0.15) is 5.82 Å². The molecule has 0 saturated heterocycles. The second kappa shape index (κ2) is 3.41. The van der Waals surface area contributed by atoms with Crippen LogP contribution in [0.4, 0.5) is 17.6 Å². The van der Waals surface area contributed by atoms with E-state index >= 15 is 0 Å². The van der Waals surface area contributed by atoms with Crippen LogP contribution in [-0.4, -0.2) is 6.36 Å². The zero-order chi connectivity index (χ0) is 10.1. The third kappa shape index (κ3) is 3.10. The van der Waals surface area contributed by atoms with Crippen molar-refractivity contribution in [2.24, 2.45) is 0 Å². The van der Waals surface area contributed by atoms with E-state index in [0.29, 0.717) is 6.07 Å². The van der Waals surface area contributed by atoms with E-state index in [1.807, 2.05) is 0 Å². The van der Waals surface area contributed by atoms with Gasteiger partial charge in [0.25, 0.3) is 0 Å². The van der Waals surface area contributed by atoms with E-state index in [-0.39, 0.29) is 5.02 Å². The van der Waals surface area contributed by atoms with Gasteiger partial charge in [0.05, 0.1) is 5.02 Å². The minimum atomic E-state index is -4.86. The highest BCUT2D eigenvalue weighted by Crippen LogP contribution is 2.30. The molecule has 72 valence electrons. The molecule has 1 aromatic rings. The van der Waals surface area contributed by atoms with Crippen molar-refractivity contribution >= 4 is 11.6 Å². The molecular weight excluding hydrogens is 212 g/mol. The predicted molar refractivity (Wildman–Crippen MR) is 38.1 cm³/mol. The molecule has 6 heteroatoms. The van der Waals surface area contributed by atoms with Crippen molar-refractivity contribution in [3.05, 3.63) is 29.0 Å². The number of hydrogen-bond acceptors (Lipinski definition) is 1. The molecule has 0 aliphatic carbocycles. The van der Waals surface area contributed by atoms with Crippen LogP contribution in [0.15, 0.2) is 18.2 Å². The number of alkyl halides is 3. The van der Waals surface area contributed by atoms with Crippen LogP contribution in [-0.2, 0) is 0 Å². The maximum absolute atomic E-state index is 12.4. The first kappa shape index (κ1) is 10.1. The largest absolute Gasteiger partial charge is 0.573 e. The summed E-state index contributed by atoms with van der Waals surface area (Å²) in [5, 5.41) is -0.293. The van der Waals surface area contributed by atoms with E-state index in [1.165, 1.54) is 0 Å². The minimum Gasteiger partial charge on any atom is -0.404 e. The zero-order valence-corrected chi connectivity index (χ0v) is 6.79. The Kier molecular flexibility index (Phi) is 2.66. The number of halogens is 5. The summed E-state index contributed by atoms with van der Waals surface area (Å²) < 4.78 is 50.8. The van der Waals surface area contributed by atoms with Gasteiger partial charge in [0.2, 0.25) is 0 Å². The second-order valence-corrected chi connectivity index (χ2v) is 2.53. The van der Waals surface area contributed by atoms with Gasteiger partial charge in [0.15, 0.2) is 5.75 Å². The van der Waals surface area contributed by atoms with Crippen molar-refractivity contribution in [1.82, 2.24) is 0 Å². The number of rotatable bonds is 1. The Balaban J connectivity index is 2.94. The molecule has 1 rings (SSSR count). The first-order valence-electron chi connectivity index (χ1n) is 3.09. The van der Waals surface area contributed by atoms with Gasteiger partial charge >= 0.3 is 6.36 Å². The van der Waals surface area contributed by atoms with E-state index in [2.05, 4.69) is 4.74 Å². The third-order valence-electron chi connectivity index (χ3n) is 1.12. The van der Waals surface area contributed by atoms with Gasteiger partial charge in [-0.2, -0.15) is 0 Å². The lowest BCUT2D eigenvalue weighted by Gasteiger charge is -2.09. The van der Waals surface area contributed by atoms with Gasteiger partial charge < -0.3 is 4.74 Å². The van der Waals surface area contributed by atoms with Gasteiger partial charge in [-0.3, -0.25) is 0 Å². The maximum Gasteiger partial charge on any atom is 0.573 e. The Morgan fingerprint density at radius 2 is 1.85 bits per heavy atom. The lowest BCUT2D eigenvalue weighted by Crippen LogP contribution is -2.17. The zero-order valence-electron chi connectivity index (χ0n) is 6.03. The highest BCUT2D eigenvalue weighted by molar-refractivity contribution is 6.32. The highest BCUT2D eigenvalue weighted by Gasteiger charge is 2.32. The molecule has 0 aliphatic heterocycles. The Bertz CT molecular complexity index is 310. The molecule has 0 N–H and O–H groups in total. The topological polar surface area (TPSA) is 9.23 Å². The summed E-state index contributed by atoms with van der Waals surface area (Å²) in [5.74, 6) is -1.59. The van der Waals surface area contributed by atoms with Crippen molar-refractivity contribution in [1.29, 1.82) is 0 Å². The fraction of sp³-hybridized carbons (Fsp3) is 0.143. The summed E-state index contributed by atoms with van der Waals surface area (Å²) >= 11 is 5.31. The van der Waals surface area contributed by atoms with E-state index in [0.717, 1.165) is 12.1 Å². The van der Waals surface area contributed by atoms with E-state index in [9.17, 15) is 17.6 Å². The first-order chi connectivity index (χ1) is 5.88. The molecule has 0 saturated carbocycles. The van der Waals surface area contributed by atoms with Gasteiger partial charge in [-0.15, -0.1) is 13.2 Å². The van der Waals surface area contributed by atoms with Crippen molar-refractivity contribution in [3.63, 3.8) is 0 Å². The van der Waals surface area contributed by atoms with Crippen LogP contribution in [0.3, 0.4) is 0 Å². The fourth-order valence-corrected chi connectivity index (χ4v) is 0.836. The molecule has 1 nitrogen and oxygen atoms in total. The fourth-order valence-electron chi connectivity index (χ4n) is 0.680. The highest BCUT2D eigenvalue weighted by atomic mass is 35.5. The molecule has 1 aromatic carbocycles. The summed E-state index contributed by atoms with van der Waals surface area (Å²) in [5.41, 5.74) is 0. The molecule has 0 atom stereocenters. The van der Waals surface area contributed by atoms with Crippen molar-refractivity contribution < 1.29 is 22.3 Å². The maximum atomic E-state index is 12.4. The number of ether oxygens (including phenoxy) is 1. The van der Waals surface area contributed by atoms with Crippen molar-refractivity contribution in [2.45, 2.75) is 6.36 Å². The molecule has 0 bridgehead atoms. The van der Waals surface area contributed by atoms with Crippen molar-refractivity contribution in [3.8, 4) is 5.75 Å². The van der Waals surface area contributed by atoms with Gasteiger partial charge in [-0.1, -0.05) is 11.6 Å². The third-order valence-corrected chi connectivity index (χ3v) is 1.43. The Hall–Kier alpha value is -0.970. The molecule has 0 fully saturated rings. The molecule has 13 heavy (non-hydrogen) atoms. The van der Waals surface area contributed by atoms with Crippen LogP contribution in [0.1, 0.15) is 0 Å². The normalized spacial score (nSPS) is 11.5. The predicted octanol–water partition coefficient (Wildman–Crippen LogP) is 3.38. The van der Waals surface area contributed by atoms with E-state index in [4.69, 9.17) is 11.6 Å². The van der Waals surface area contributed by atoms with Gasteiger partial charge in [0, 0.05) is 6.07 Å². The van der Waals surface area contributed by atoms with Gasteiger partial charge in [-0.05, 0) is 12.1 Å². The minimum absolute atomic E-state index is 0.293. The molecule has 0 amide bonds. The molecule has 0 radical (unpaired) electrons. The van der Waals surface area contributed by atoms with Crippen LogP contribution >= 0.6 is 11.6 Å². The lowest BCUT2D eigenvalue weighted by molar-refractivity contribution is -0.274. The summed E-state index contributed by atoms with van der Waals surface area (Å²) in [6.45, 7) is 0. The van der Waals surface area contributed by atoms with E-state index in [1.54, 1.807) is 0 Å². The standard InChI is InChI=1S/C7H3ClF4O/c8-5-2-1-4(9)3-6(5)13-7(10,11)12/h1-3H. The van der Waals surface area contributed by atoms with E-state index < -0.39 is 17.9 Å². The Morgan fingerprint density at radius 3 is 2.38 bits per heavy atom. The number of benzene rings is 1. The summed E-state index contributed by atoms with van der Waals surface area (Å²) in [4.78, 5) is 0. The van der Waals surface area contributed by atoms with Crippen LogP contribution in [0.5, 0.6) is 5.75 Å². The molecule has 0 heterocycles. The van der Waals surface area contributed by atoms with Gasteiger partial charge in [-0.25, -0.2) is 4.39 Å². The second-order valence-electron chi connectivity index (χ2n) is 2.12. The van der Waals surface area contributed by atoms with Crippen LogP contribution in [0.25, 0.3) is 0 Å². The Labute approximate surface area is 75.9 Å². The molecule has 0 aliphatic rings. The summed E-state index contributed by atoms with van der Waals surface area (Å²) in [7, 11) is 0. The SMILES string of the molecule is Fc1ccc(Cl)c(OC(F)(F)F)c1. The van der Waals surface area contributed by atoms with Crippen molar-refractivity contribution in [2.75, 3.05) is 0 Å². The average Bonchev–Trinajstić information content (AvgIpc) is 1.94. The smallest absolute Gasteiger partial charge is 0.404 e. The molecule has 0 unspecified atom stereocenters. The monoisotopic (exact) mass is 214 g/mol. The molecular formula is C7H3ClF4O.